The summed E-state index contributed by atoms with van der Waals surface area (Å²) in [6.45, 7) is 1.74. The Labute approximate surface area is 115 Å². The minimum Gasteiger partial charge on any atom is -0.398 e. The van der Waals surface area contributed by atoms with Crippen LogP contribution in [-0.4, -0.2) is 5.91 Å². The van der Waals surface area contributed by atoms with Crippen LogP contribution in [0.15, 0.2) is 42.5 Å². The van der Waals surface area contributed by atoms with E-state index in [-0.39, 0.29) is 11.6 Å². The predicted molar refractivity (Wildman–Crippen MR) is 73.1 cm³/mol. The fraction of sp³-hybridized carbons (Fsp3) is 0.133. The molecule has 0 spiro atoms. The Kier molecular flexibility index (Phi) is 3.98. The molecule has 0 saturated heterocycles. The van der Waals surface area contributed by atoms with E-state index in [2.05, 4.69) is 5.32 Å². The maximum absolute atomic E-state index is 13.5. The zero-order valence-corrected chi connectivity index (χ0v) is 10.9. The van der Waals surface area contributed by atoms with Crippen molar-refractivity contribution in [3.63, 3.8) is 0 Å². The lowest BCUT2D eigenvalue weighted by Crippen LogP contribution is -2.28. The van der Waals surface area contributed by atoms with Crippen LogP contribution >= 0.6 is 0 Å². The number of nitrogens with two attached hydrogens (primary N) is 1. The zero-order valence-electron chi connectivity index (χ0n) is 10.9. The maximum Gasteiger partial charge on any atom is 0.254 e. The second kappa shape index (κ2) is 5.69. The first-order valence-corrected chi connectivity index (χ1v) is 6.09. The molecule has 3 N–H and O–H groups in total. The number of halogens is 2. The average Bonchev–Trinajstić information content (AvgIpc) is 2.38. The molecular formula is C15H14F2N2O. The highest BCUT2D eigenvalue weighted by Crippen LogP contribution is 2.20. The Morgan fingerprint density at radius 2 is 1.90 bits per heavy atom. The molecule has 2 aromatic carbocycles. The minimum absolute atomic E-state index is 0.201. The van der Waals surface area contributed by atoms with Crippen molar-refractivity contribution in [1.82, 2.24) is 5.32 Å². The molecule has 2 aromatic rings. The lowest BCUT2D eigenvalue weighted by Gasteiger charge is -2.16. The molecule has 0 heterocycles. The number of rotatable bonds is 3. The van der Waals surface area contributed by atoms with E-state index in [0.29, 0.717) is 11.8 Å². The predicted octanol–water partition coefficient (Wildman–Crippen LogP) is 3.04. The van der Waals surface area contributed by atoms with Gasteiger partial charge in [-0.25, -0.2) is 8.78 Å². The van der Waals surface area contributed by atoms with Crippen molar-refractivity contribution in [2.75, 3.05) is 5.73 Å². The largest absolute Gasteiger partial charge is 0.398 e. The van der Waals surface area contributed by atoms with Gasteiger partial charge in [-0.15, -0.1) is 0 Å². The third kappa shape index (κ3) is 2.93. The minimum atomic E-state index is -0.893. The number of carbonyl (C=O) groups is 1. The summed E-state index contributed by atoms with van der Waals surface area (Å²) >= 11 is 0. The molecule has 2 rings (SSSR count). The molecule has 0 aliphatic heterocycles. The lowest BCUT2D eigenvalue weighted by atomic mass is 10.1. The van der Waals surface area contributed by atoms with Crippen molar-refractivity contribution >= 4 is 11.6 Å². The number of nitrogen functional groups attached to an aromatic ring is 1. The summed E-state index contributed by atoms with van der Waals surface area (Å²) in [5.41, 5.74) is 6.89. The standard InChI is InChI=1S/C15H14F2N2O/c1-9(11-4-2-3-5-14(11)18)19-15(20)12-7-6-10(16)8-13(12)17/h2-9H,18H2,1H3,(H,19,20). The van der Waals surface area contributed by atoms with Crippen molar-refractivity contribution in [3.05, 3.63) is 65.2 Å². The van der Waals surface area contributed by atoms with E-state index in [1.54, 1.807) is 31.2 Å². The highest BCUT2D eigenvalue weighted by molar-refractivity contribution is 5.94. The molecule has 1 amide bonds. The Bertz CT molecular complexity index is 644. The topological polar surface area (TPSA) is 55.1 Å². The highest BCUT2D eigenvalue weighted by atomic mass is 19.1. The molecular weight excluding hydrogens is 262 g/mol. The van der Waals surface area contributed by atoms with Gasteiger partial charge in [0.1, 0.15) is 11.6 Å². The summed E-state index contributed by atoms with van der Waals surface area (Å²) in [6, 6.07) is 9.53. The molecule has 20 heavy (non-hydrogen) atoms. The Balaban J connectivity index is 2.17. The van der Waals surface area contributed by atoms with Crippen LogP contribution in [0.1, 0.15) is 28.9 Å². The van der Waals surface area contributed by atoms with E-state index in [0.717, 1.165) is 17.7 Å². The lowest BCUT2D eigenvalue weighted by molar-refractivity contribution is 0.0936. The molecule has 1 unspecified atom stereocenters. The van der Waals surface area contributed by atoms with Gasteiger partial charge in [0.2, 0.25) is 0 Å². The van der Waals surface area contributed by atoms with Gasteiger partial charge in [-0.2, -0.15) is 0 Å². The molecule has 0 aromatic heterocycles. The second-order valence-electron chi connectivity index (χ2n) is 4.45. The third-order valence-corrected chi connectivity index (χ3v) is 2.99. The zero-order chi connectivity index (χ0) is 14.7. The van der Waals surface area contributed by atoms with E-state index >= 15 is 0 Å². The van der Waals surface area contributed by atoms with E-state index < -0.39 is 17.5 Å². The van der Waals surface area contributed by atoms with E-state index in [1.165, 1.54) is 0 Å². The van der Waals surface area contributed by atoms with Crippen LogP contribution in [0.5, 0.6) is 0 Å². The summed E-state index contributed by atoms with van der Waals surface area (Å²) < 4.78 is 26.3. The second-order valence-corrected chi connectivity index (χ2v) is 4.45. The number of carbonyl (C=O) groups excluding carboxylic acids is 1. The third-order valence-electron chi connectivity index (χ3n) is 2.99. The molecule has 104 valence electrons. The van der Waals surface area contributed by atoms with E-state index in [4.69, 9.17) is 5.73 Å². The van der Waals surface area contributed by atoms with Crippen LogP contribution < -0.4 is 11.1 Å². The molecule has 0 aliphatic carbocycles. The van der Waals surface area contributed by atoms with Gasteiger partial charge in [0, 0.05) is 11.8 Å². The molecule has 0 fully saturated rings. The Morgan fingerprint density at radius 1 is 1.20 bits per heavy atom. The Hall–Kier alpha value is -2.43. The molecule has 0 saturated carbocycles. The van der Waals surface area contributed by atoms with Crippen molar-refractivity contribution in [2.45, 2.75) is 13.0 Å². The summed E-state index contributed by atoms with van der Waals surface area (Å²) in [5, 5.41) is 2.63. The van der Waals surface area contributed by atoms with Crippen LogP contribution in [-0.2, 0) is 0 Å². The maximum atomic E-state index is 13.5. The quantitative estimate of drug-likeness (QED) is 0.847. The number of anilines is 1. The Morgan fingerprint density at radius 3 is 2.55 bits per heavy atom. The first kappa shape index (κ1) is 14.0. The molecule has 0 bridgehead atoms. The van der Waals surface area contributed by atoms with Gasteiger partial charge in [0.25, 0.3) is 5.91 Å². The van der Waals surface area contributed by atoms with Gasteiger partial charge in [0.05, 0.1) is 11.6 Å². The molecule has 1 atom stereocenters. The first-order valence-electron chi connectivity index (χ1n) is 6.09. The van der Waals surface area contributed by atoms with Crippen molar-refractivity contribution in [2.24, 2.45) is 0 Å². The number of para-hydroxylation sites is 1. The van der Waals surface area contributed by atoms with Crippen molar-refractivity contribution in [3.8, 4) is 0 Å². The van der Waals surface area contributed by atoms with Crippen LogP contribution in [0.3, 0.4) is 0 Å². The number of amides is 1. The summed E-state index contributed by atoms with van der Waals surface area (Å²) in [7, 11) is 0. The monoisotopic (exact) mass is 276 g/mol. The van der Waals surface area contributed by atoms with Crippen molar-refractivity contribution < 1.29 is 13.6 Å². The van der Waals surface area contributed by atoms with Crippen LogP contribution in [0, 0.1) is 11.6 Å². The van der Waals surface area contributed by atoms with E-state index in [1.807, 2.05) is 0 Å². The van der Waals surface area contributed by atoms with E-state index in [9.17, 15) is 13.6 Å². The number of nitrogens with one attached hydrogen (secondary N) is 1. The summed E-state index contributed by atoms with van der Waals surface area (Å²) in [5.74, 6) is -2.23. The molecule has 0 radical (unpaired) electrons. The normalized spacial score (nSPS) is 11.9. The van der Waals surface area contributed by atoms with Crippen LogP contribution in [0.4, 0.5) is 14.5 Å². The summed E-state index contributed by atoms with van der Waals surface area (Å²) in [6.07, 6.45) is 0. The molecule has 0 aliphatic rings. The number of hydrogen-bond acceptors (Lipinski definition) is 2. The van der Waals surface area contributed by atoms with Gasteiger partial charge in [-0.3, -0.25) is 4.79 Å². The van der Waals surface area contributed by atoms with Crippen LogP contribution in [0.25, 0.3) is 0 Å². The van der Waals surface area contributed by atoms with Gasteiger partial charge in [0.15, 0.2) is 0 Å². The summed E-state index contributed by atoms with van der Waals surface area (Å²) in [4.78, 5) is 12.0. The number of benzene rings is 2. The first-order chi connectivity index (χ1) is 9.49. The molecule has 3 nitrogen and oxygen atoms in total. The fourth-order valence-electron chi connectivity index (χ4n) is 1.93. The smallest absolute Gasteiger partial charge is 0.254 e. The number of hydrogen-bond donors (Lipinski definition) is 2. The van der Waals surface area contributed by atoms with Gasteiger partial charge in [-0.05, 0) is 30.7 Å². The van der Waals surface area contributed by atoms with Gasteiger partial charge < -0.3 is 11.1 Å². The highest BCUT2D eigenvalue weighted by Gasteiger charge is 2.16. The van der Waals surface area contributed by atoms with Crippen molar-refractivity contribution in [1.29, 1.82) is 0 Å². The molecule has 5 heteroatoms. The fourth-order valence-corrected chi connectivity index (χ4v) is 1.93. The SMILES string of the molecule is CC(NC(=O)c1ccc(F)cc1F)c1ccccc1N. The van der Waals surface area contributed by atoms with Gasteiger partial charge in [-0.1, -0.05) is 18.2 Å². The van der Waals surface area contributed by atoms with Crippen LogP contribution in [0.2, 0.25) is 0 Å². The average molecular weight is 276 g/mol. The van der Waals surface area contributed by atoms with Gasteiger partial charge >= 0.3 is 0 Å².